The molecule has 1 aromatic heterocycles. The molecule has 2 saturated heterocycles. The predicted molar refractivity (Wildman–Crippen MR) is 86.8 cm³/mol. The second-order valence-corrected chi connectivity index (χ2v) is 6.98. The molecule has 22 heavy (non-hydrogen) atoms. The van der Waals surface area contributed by atoms with Gasteiger partial charge in [0.25, 0.3) is 0 Å². The summed E-state index contributed by atoms with van der Waals surface area (Å²) in [5, 5.41) is 11.2. The van der Waals surface area contributed by atoms with Crippen LogP contribution in [0.3, 0.4) is 0 Å². The van der Waals surface area contributed by atoms with E-state index in [9.17, 15) is 9.90 Å². The second kappa shape index (κ2) is 7.44. The van der Waals surface area contributed by atoms with Crippen molar-refractivity contribution in [2.75, 3.05) is 31.9 Å². The highest BCUT2D eigenvalue weighted by molar-refractivity contribution is 7.99. The van der Waals surface area contributed by atoms with Gasteiger partial charge in [0.15, 0.2) is 0 Å². The molecule has 3 heterocycles. The van der Waals surface area contributed by atoms with Crippen LogP contribution >= 0.6 is 11.8 Å². The summed E-state index contributed by atoms with van der Waals surface area (Å²) in [7, 11) is 0. The summed E-state index contributed by atoms with van der Waals surface area (Å²) >= 11 is 1.46. The first kappa shape index (κ1) is 15.8. The number of piperidine rings is 1. The number of aliphatic hydroxyl groups is 1. The van der Waals surface area contributed by atoms with Gasteiger partial charge >= 0.3 is 0 Å². The first-order valence-electron chi connectivity index (χ1n) is 7.98. The van der Waals surface area contributed by atoms with Crippen LogP contribution in [0, 0.1) is 0 Å². The van der Waals surface area contributed by atoms with E-state index in [1.165, 1.54) is 31.0 Å². The molecular weight excluding hydrogens is 298 g/mol. The fourth-order valence-electron chi connectivity index (χ4n) is 3.24. The highest BCUT2D eigenvalue weighted by atomic mass is 32.2. The number of carbonyl (C=O) groups is 1. The number of thioether (sulfide) groups is 1. The van der Waals surface area contributed by atoms with E-state index in [1.807, 2.05) is 18.2 Å². The first-order chi connectivity index (χ1) is 10.7. The lowest BCUT2D eigenvalue weighted by atomic mass is 10.1. The van der Waals surface area contributed by atoms with Crippen molar-refractivity contribution in [1.29, 1.82) is 0 Å². The number of carbonyl (C=O) groups excluding carboxylic acids is 1. The van der Waals surface area contributed by atoms with Crippen molar-refractivity contribution < 1.29 is 9.90 Å². The number of nitrogens with zero attached hydrogens (tertiary/aromatic N) is 3. The minimum atomic E-state index is -0.415. The minimum Gasteiger partial charge on any atom is -0.390 e. The smallest absolute Gasteiger partial charge is 0.233 e. The van der Waals surface area contributed by atoms with Crippen LogP contribution < -0.4 is 0 Å². The van der Waals surface area contributed by atoms with Gasteiger partial charge in [0, 0.05) is 19.3 Å². The third kappa shape index (κ3) is 3.80. The van der Waals surface area contributed by atoms with Crippen LogP contribution in [0.1, 0.15) is 19.3 Å². The Morgan fingerprint density at radius 2 is 2.09 bits per heavy atom. The first-order valence-corrected chi connectivity index (χ1v) is 8.96. The summed E-state index contributed by atoms with van der Waals surface area (Å²) in [5.41, 5.74) is 0. The van der Waals surface area contributed by atoms with Gasteiger partial charge in [-0.05, 0) is 38.1 Å². The molecule has 120 valence electrons. The van der Waals surface area contributed by atoms with E-state index < -0.39 is 6.10 Å². The van der Waals surface area contributed by atoms with E-state index in [4.69, 9.17) is 0 Å². The Balaban J connectivity index is 1.51. The number of amides is 1. The van der Waals surface area contributed by atoms with Crippen LogP contribution in [0.15, 0.2) is 29.4 Å². The number of aromatic nitrogens is 1. The number of rotatable bonds is 4. The normalized spacial score (nSPS) is 26.3. The summed E-state index contributed by atoms with van der Waals surface area (Å²) in [5.74, 6) is 0.477. The van der Waals surface area contributed by atoms with Gasteiger partial charge in [0.1, 0.15) is 0 Å². The molecule has 2 atom stereocenters. The van der Waals surface area contributed by atoms with Crippen molar-refractivity contribution in [1.82, 2.24) is 14.8 Å². The van der Waals surface area contributed by atoms with Gasteiger partial charge in [-0.1, -0.05) is 24.2 Å². The molecule has 1 N–H and O–H groups in total. The molecule has 6 heteroatoms. The van der Waals surface area contributed by atoms with Gasteiger partial charge in [0.2, 0.25) is 5.91 Å². The molecule has 2 aliphatic heterocycles. The summed E-state index contributed by atoms with van der Waals surface area (Å²) in [4.78, 5) is 20.7. The Bertz CT molecular complexity index is 493. The lowest BCUT2D eigenvalue weighted by molar-refractivity contribution is -0.127. The minimum absolute atomic E-state index is 0.0919. The number of hydrogen-bond acceptors (Lipinski definition) is 5. The van der Waals surface area contributed by atoms with Crippen molar-refractivity contribution in [3.05, 3.63) is 24.4 Å². The van der Waals surface area contributed by atoms with Gasteiger partial charge in [-0.25, -0.2) is 4.98 Å². The van der Waals surface area contributed by atoms with Crippen molar-refractivity contribution in [3.63, 3.8) is 0 Å². The summed E-state index contributed by atoms with van der Waals surface area (Å²) in [6.45, 7) is 3.21. The number of likely N-dealkylation sites (tertiary alicyclic amines) is 2. The lowest BCUT2D eigenvalue weighted by Gasteiger charge is -2.33. The van der Waals surface area contributed by atoms with Crippen LogP contribution in [-0.4, -0.2) is 69.9 Å². The number of hydrogen-bond donors (Lipinski definition) is 1. The fourth-order valence-corrected chi connectivity index (χ4v) is 4.01. The molecule has 3 rings (SSSR count). The maximum absolute atomic E-state index is 12.3. The van der Waals surface area contributed by atoms with E-state index in [1.54, 1.807) is 11.1 Å². The monoisotopic (exact) mass is 321 g/mol. The number of β-amino-alcohol motifs (C(OH)–C–C–N with tert-alkyl or cyclic N) is 1. The molecule has 0 bridgehead atoms. The molecule has 0 saturated carbocycles. The molecule has 0 aromatic carbocycles. The van der Waals surface area contributed by atoms with Crippen LogP contribution in [0.5, 0.6) is 0 Å². The average molecular weight is 321 g/mol. The molecule has 1 aromatic rings. The topological polar surface area (TPSA) is 56.7 Å². The number of aliphatic hydroxyl groups excluding tert-OH is 1. The van der Waals surface area contributed by atoms with Crippen LogP contribution in [0.4, 0.5) is 0 Å². The molecular formula is C16H23N3O2S. The third-order valence-electron chi connectivity index (χ3n) is 4.45. The van der Waals surface area contributed by atoms with Crippen LogP contribution in [-0.2, 0) is 4.79 Å². The molecule has 2 aliphatic rings. The highest BCUT2D eigenvalue weighted by Gasteiger charge is 2.37. The van der Waals surface area contributed by atoms with Crippen molar-refractivity contribution in [2.45, 2.75) is 36.4 Å². The standard InChI is InChI=1S/C16H23N3O2S/c20-14-11-19(10-13(14)18-8-4-1-5-9-18)16(21)12-22-15-6-2-3-7-17-15/h2-3,6-7,13-14,20H,1,4-5,8-12H2/t13-,14-/m1/s1. The van der Waals surface area contributed by atoms with Gasteiger partial charge in [-0.2, -0.15) is 0 Å². The SMILES string of the molecule is O=C(CSc1ccccn1)N1C[C@@H](O)[C@H](N2CCCCC2)C1. The summed E-state index contributed by atoms with van der Waals surface area (Å²) in [6, 6.07) is 5.81. The van der Waals surface area contributed by atoms with Gasteiger partial charge in [-0.3, -0.25) is 9.69 Å². The Kier molecular flexibility index (Phi) is 5.33. The zero-order chi connectivity index (χ0) is 15.4. The van der Waals surface area contributed by atoms with E-state index >= 15 is 0 Å². The van der Waals surface area contributed by atoms with Gasteiger partial charge < -0.3 is 10.0 Å². The molecule has 0 unspecified atom stereocenters. The van der Waals surface area contributed by atoms with Gasteiger partial charge in [-0.15, -0.1) is 0 Å². The van der Waals surface area contributed by atoms with Crippen molar-refractivity contribution in [2.24, 2.45) is 0 Å². The van der Waals surface area contributed by atoms with Crippen molar-refractivity contribution in [3.8, 4) is 0 Å². The maximum atomic E-state index is 12.3. The highest BCUT2D eigenvalue weighted by Crippen LogP contribution is 2.22. The molecule has 1 amide bonds. The van der Waals surface area contributed by atoms with Crippen LogP contribution in [0.25, 0.3) is 0 Å². The van der Waals surface area contributed by atoms with Crippen molar-refractivity contribution >= 4 is 17.7 Å². The lowest BCUT2D eigenvalue weighted by Crippen LogP contribution is -2.46. The fraction of sp³-hybridized carbons (Fsp3) is 0.625. The van der Waals surface area contributed by atoms with E-state index in [0.29, 0.717) is 18.8 Å². The van der Waals surface area contributed by atoms with Gasteiger partial charge in [0.05, 0.1) is 22.9 Å². The maximum Gasteiger partial charge on any atom is 0.233 e. The third-order valence-corrected chi connectivity index (χ3v) is 5.38. The molecule has 2 fully saturated rings. The molecule has 0 aliphatic carbocycles. The van der Waals surface area contributed by atoms with E-state index in [2.05, 4.69) is 9.88 Å². The summed E-state index contributed by atoms with van der Waals surface area (Å²) in [6.07, 6.45) is 5.00. The zero-order valence-electron chi connectivity index (χ0n) is 12.7. The number of pyridine rings is 1. The molecule has 0 spiro atoms. The molecule has 5 nitrogen and oxygen atoms in total. The Hall–Kier alpha value is -1.11. The predicted octanol–water partition coefficient (Wildman–Crippen LogP) is 1.23. The Morgan fingerprint density at radius 1 is 1.27 bits per heavy atom. The second-order valence-electron chi connectivity index (χ2n) is 5.99. The Labute approximate surface area is 135 Å². The van der Waals surface area contributed by atoms with Crippen LogP contribution in [0.2, 0.25) is 0 Å². The molecule has 0 radical (unpaired) electrons. The quantitative estimate of drug-likeness (QED) is 0.846. The average Bonchev–Trinajstić information content (AvgIpc) is 2.96. The largest absolute Gasteiger partial charge is 0.390 e. The van der Waals surface area contributed by atoms with E-state index in [0.717, 1.165) is 18.1 Å². The van der Waals surface area contributed by atoms with E-state index in [-0.39, 0.29) is 11.9 Å². The summed E-state index contributed by atoms with van der Waals surface area (Å²) < 4.78 is 0. The Morgan fingerprint density at radius 3 is 2.82 bits per heavy atom. The zero-order valence-corrected chi connectivity index (χ0v) is 13.5.